The highest BCUT2D eigenvalue weighted by atomic mass is 16.5. The van der Waals surface area contributed by atoms with Crippen LogP contribution in [0.1, 0.15) is 17.4 Å². The minimum Gasteiger partial charge on any atom is -0.494 e. The zero-order chi connectivity index (χ0) is 17.9. The smallest absolute Gasteiger partial charge is 0.270 e. The van der Waals surface area contributed by atoms with Gasteiger partial charge in [-0.25, -0.2) is 0 Å². The Bertz CT molecular complexity index is 901. The van der Waals surface area contributed by atoms with Gasteiger partial charge in [-0.3, -0.25) is 4.79 Å². The summed E-state index contributed by atoms with van der Waals surface area (Å²) in [6.45, 7) is 5.39. The average molecular weight is 351 g/mol. The van der Waals surface area contributed by atoms with E-state index in [2.05, 4.69) is 20.1 Å². The maximum absolute atomic E-state index is 12.8. The van der Waals surface area contributed by atoms with Crippen molar-refractivity contribution in [2.24, 2.45) is 0 Å². The number of H-pyrrole nitrogens is 1. The molecule has 2 aromatic heterocycles. The van der Waals surface area contributed by atoms with Gasteiger partial charge in [0.2, 0.25) is 0 Å². The Morgan fingerprint density at radius 3 is 2.77 bits per heavy atom. The summed E-state index contributed by atoms with van der Waals surface area (Å²) in [5, 5.41) is 9.06. The van der Waals surface area contributed by atoms with Crippen LogP contribution in [0.25, 0.3) is 10.9 Å². The molecule has 1 N–H and O–H groups in total. The zero-order valence-corrected chi connectivity index (χ0v) is 14.7. The predicted molar refractivity (Wildman–Crippen MR) is 99.6 cm³/mol. The number of nitrogens with one attached hydrogen (secondary N) is 1. The van der Waals surface area contributed by atoms with E-state index in [1.54, 1.807) is 6.20 Å². The summed E-state index contributed by atoms with van der Waals surface area (Å²) in [7, 11) is 0. The molecule has 0 spiro atoms. The molecule has 1 aliphatic rings. The standard InChI is InChI=1S/C19H21N5O2/c1-2-26-15-6-5-14-12-17(21-16(14)13-15)19(25)24-10-8-23(9-11-24)18-4-3-7-20-22-18/h3-7,12-13,21H,2,8-11H2,1H3. The number of fused-ring (bicyclic) bond motifs is 1. The number of rotatable bonds is 4. The third-order valence-corrected chi connectivity index (χ3v) is 4.58. The second-order valence-electron chi connectivity index (χ2n) is 6.23. The molecule has 0 atom stereocenters. The number of carbonyl (C=O) groups excluding carboxylic acids is 1. The topological polar surface area (TPSA) is 74.3 Å². The van der Waals surface area contributed by atoms with E-state index < -0.39 is 0 Å². The molecule has 134 valence electrons. The van der Waals surface area contributed by atoms with Gasteiger partial charge in [0.25, 0.3) is 5.91 Å². The van der Waals surface area contributed by atoms with Gasteiger partial charge in [-0.1, -0.05) is 0 Å². The summed E-state index contributed by atoms with van der Waals surface area (Å²) in [4.78, 5) is 20.1. The molecule has 3 aromatic rings. The van der Waals surface area contributed by atoms with Crippen molar-refractivity contribution in [1.29, 1.82) is 0 Å². The summed E-state index contributed by atoms with van der Waals surface area (Å²) >= 11 is 0. The van der Waals surface area contributed by atoms with Crippen molar-refractivity contribution in [2.45, 2.75) is 6.92 Å². The van der Waals surface area contributed by atoms with Crippen LogP contribution in [0.4, 0.5) is 5.82 Å². The first-order valence-electron chi connectivity index (χ1n) is 8.82. The SMILES string of the molecule is CCOc1ccc2cc(C(=O)N3CCN(c4cccnn4)CC3)[nH]c2c1. The third kappa shape index (κ3) is 3.20. The van der Waals surface area contributed by atoms with Crippen molar-refractivity contribution in [3.05, 3.63) is 48.3 Å². The van der Waals surface area contributed by atoms with Gasteiger partial charge in [0.05, 0.1) is 6.61 Å². The molecule has 1 aromatic carbocycles. The van der Waals surface area contributed by atoms with Gasteiger partial charge < -0.3 is 19.5 Å². The molecule has 26 heavy (non-hydrogen) atoms. The van der Waals surface area contributed by atoms with Gasteiger partial charge in [0, 0.05) is 49.3 Å². The highest BCUT2D eigenvalue weighted by molar-refractivity contribution is 5.98. The lowest BCUT2D eigenvalue weighted by molar-refractivity contribution is 0.0741. The largest absolute Gasteiger partial charge is 0.494 e. The molecule has 3 heterocycles. The molecule has 0 aliphatic carbocycles. The first kappa shape index (κ1) is 16.4. The fraction of sp³-hybridized carbons (Fsp3) is 0.316. The normalized spacial score (nSPS) is 14.7. The molecule has 1 aliphatic heterocycles. The Morgan fingerprint density at radius 1 is 1.19 bits per heavy atom. The predicted octanol–water partition coefficient (Wildman–Crippen LogP) is 2.32. The van der Waals surface area contributed by atoms with Crippen molar-refractivity contribution >= 4 is 22.6 Å². The van der Waals surface area contributed by atoms with E-state index in [1.807, 2.05) is 48.2 Å². The lowest BCUT2D eigenvalue weighted by atomic mass is 10.2. The summed E-state index contributed by atoms with van der Waals surface area (Å²) in [6, 6.07) is 11.6. The monoisotopic (exact) mass is 351 g/mol. The molecule has 1 fully saturated rings. The number of anilines is 1. The zero-order valence-electron chi connectivity index (χ0n) is 14.7. The van der Waals surface area contributed by atoms with Crippen molar-refractivity contribution in [3.63, 3.8) is 0 Å². The number of benzene rings is 1. The maximum Gasteiger partial charge on any atom is 0.270 e. The van der Waals surface area contributed by atoms with Crippen LogP contribution >= 0.6 is 0 Å². The first-order chi connectivity index (χ1) is 12.7. The van der Waals surface area contributed by atoms with Crippen LogP contribution in [0, 0.1) is 0 Å². The van der Waals surface area contributed by atoms with Gasteiger partial charge in [-0.15, -0.1) is 5.10 Å². The van der Waals surface area contributed by atoms with Crippen molar-refractivity contribution in [2.75, 3.05) is 37.7 Å². The molecule has 0 bridgehead atoms. The van der Waals surface area contributed by atoms with Crippen molar-refractivity contribution in [3.8, 4) is 5.75 Å². The van der Waals surface area contributed by atoms with Gasteiger partial charge in [-0.2, -0.15) is 5.10 Å². The van der Waals surface area contributed by atoms with Gasteiger partial charge in [0.15, 0.2) is 5.82 Å². The van der Waals surface area contributed by atoms with Crippen molar-refractivity contribution < 1.29 is 9.53 Å². The molecule has 0 radical (unpaired) electrons. The lowest BCUT2D eigenvalue weighted by Crippen LogP contribution is -2.49. The number of carbonyl (C=O) groups is 1. The van der Waals surface area contributed by atoms with E-state index in [0.29, 0.717) is 25.4 Å². The van der Waals surface area contributed by atoms with E-state index in [4.69, 9.17) is 4.74 Å². The summed E-state index contributed by atoms with van der Waals surface area (Å²) in [5.74, 6) is 1.69. The Kier molecular flexibility index (Phi) is 4.43. The molecule has 1 amide bonds. The molecule has 4 rings (SSSR count). The van der Waals surface area contributed by atoms with Crippen LogP contribution in [0.3, 0.4) is 0 Å². The number of piperazine rings is 1. The van der Waals surface area contributed by atoms with Gasteiger partial charge in [0.1, 0.15) is 11.4 Å². The number of amides is 1. The minimum absolute atomic E-state index is 0.0259. The van der Waals surface area contributed by atoms with Crippen LogP contribution in [-0.4, -0.2) is 58.8 Å². The second kappa shape index (κ2) is 7.03. The van der Waals surface area contributed by atoms with E-state index in [9.17, 15) is 4.79 Å². The highest BCUT2D eigenvalue weighted by Crippen LogP contribution is 2.23. The molecule has 0 saturated carbocycles. The number of ether oxygens (including phenoxy) is 1. The molecule has 0 unspecified atom stereocenters. The number of aromatic amines is 1. The van der Waals surface area contributed by atoms with Crippen LogP contribution in [0.15, 0.2) is 42.6 Å². The lowest BCUT2D eigenvalue weighted by Gasteiger charge is -2.34. The Hall–Kier alpha value is -3.09. The first-order valence-corrected chi connectivity index (χ1v) is 8.82. The Morgan fingerprint density at radius 2 is 2.04 bits per heavy atom. The van der Waals surface area contributed by atoms with Crippen LogP contribution in [-0.2, 0) is 0 Å². The molecule has 7 nitrogen and oxygen atoms in total. The van der Waals surface area contributed by atoms with Crippen molar-refractivity contribution in [1.82, 2.24) is 20.1 Å². The number of hydrogen-bond donors (Lipinski definition) is 1. The number of aromatic nitrogens is 3. The van der Waals surface area contributed by atoms with E-state index >= 15 is 0 Å². The molecular weight excluding hydrogens is 330 g/mol. The summed E-state index contributed by atoms with van der Waals surface area (Å²) < 4.78 is 5.52. The van der Waals surface area contributed by atoms with E-state index in [0.717, 1.165) is 35.6 Å². The fourth-order valence-corrected chi connectivity index (χ4v) is 3.25. The van der Waals surface area contributed by atoms with E-state index in [1.165, 1.54) is 0 Å². The minimum atomic E-state index is 0.0259. The molecular formula is C19H21N5O2. The average Bonchev–Trinajstić information content (AvgIpc) is 3.12. The van der Waals surface area contributed by atoms with Gasteiger partial charge >= 0.3 is 0 Å². The quantitative estimate of drug-likeness (QED) is 0.781. The van der Waals surface area contributed by atoms with Gasteiger partial charge in [-0.05, 0) is 37.3 Å². The van der Waals surface area contributed by atoms with Crippen LogP contribution in [0.2, 0.25) is 0 Å². The Balaban J connectivity index is 1.45. The number of hydrogen-bond acceptors (Lipinski definition) is 5. The maximum atomic E-state index is 12.8. The second-order valence-corrected chi connectivity index (χ2v) is 6.23. The van der Waals surface area contributed by atoms with Crippen LogP contribution in [0.5, 0.6) is 5.75 Å². The van der Waals surface area contributed by atoms with E-state index in [-0.39, 0.29) is 5.91 Å². The third-order valence-electron chi connectivity index (χ3n) is 4.58. The molecule has 7 heteroatoms. The number of nitrogens with zero attached hydrogens (tertiary/aromatic N) is 4. The fourth-order valence-electron chi connectivity index (χ4n) is 3.25. The Labute approximate surface area is 151 Å². The van der Waals surface area contributed by atoms with Crippen LogP contribution < -0.4 is 9.64 Å². The highest BCUT2D eigenvalue weighted by Gasteiger charge is 2.24. The summed E-state index contributed by atoms with van der Waals surface area (Å²) in [5.41, 5.74) is 1.53. The molecule has 1 saturated heterocycles. The summed E-state index contributed by atoms with van der Waals surface area (Å²) in [6.07, 6.45) is 1.66.